The molecule has 4 aromatic heterocycles. The molecule has 0 aliphatic heterocycles. The molecule has 0 radical (unpaired) electrons. The maximum Gasteiger partial charge on any atom is 0.418 e. The Morgan fingerprint density at radius 1 is 1.03 bits per heavy atom. The third-order valence-electron chi connectivity index (χ3n) is 5.85. The molecule has 0 saturated carbocycles. The van der Waals surface area contributed by atoms with Crippen LogP contribution in [0.2, 0.25) is 0 Å². The van der Waals surface area contributed by atoms with E-state index in [-0.39, 0.29) is 50.7 Å². The lowest BCUT2D eigenvalue weighted by molar-refractivity contribution is -0.138. The summed E-state index contributed by atoms with van der Waals surface area (Å²) in [6, 6.07) is 4.58. The minimum Gasteiger partial charge on any atom is -0.438 e. The van der Waals surface area contributed by atoms with E-state index >= 15 is 0 Å². The zero-order valence-corrected chi connectivity index (χ0v) is 19.2. The van der Waals surface area contributed by atoms with Gasteiger partial charge in [-0.2, -0.15) is 13.2 Å². The zero-order valence-electron chi connectivity index (χ0n) is 19.2. The van der Waals surface area contributed by atoms with Crippen molar-refractivity contribution in [1.82, 2.24) is 24.5 Å². The van der Waals surface area contributed by atoms with Gasteiger partial charge in [0.1, 0.15) is 12.1 Å². The molecule has 1 N–H and O–H groups in total. The van der Waals surface area contributed by atoms with E-state index in [4.69, 9.17) is 4.74 Å². The standard InChI is InChI=1S/C25H16F5N5O2/c1-12-14(25(28,29)30)10-33-24(37-19-4-3-15(26)22(27)13(19)2)20(12)17-9-18(36)21-16(34-17)5-6-32-23(21)35-8-7-31-11-35/h3-11H,1-2H3,(H,34,36). The summed E-state index contributed by atoms with van der Waals surface area (Å²) in [4.78, 5) is 28.2. The highest BCUT2D eigenvalue weighted by Crippen LogP contribution is 2.41. The van der Waals surface area contributed by atoms with Crippen molar-refractivity contribution in [2.75, 3.05) is 0 Å². The first kappa shape index (κ1) is 24.1. The van der Waals surface area contributed by atoms with Crippen LogP contribution in [0.3, 0.4) is 0 Å². The van der Waals surface area contributed by atoms with Gasteiger partial charge in [-0.25, -0.2) is 23.7 Å². The molecule has 0 amide bonds. The molecule has 0 saturated heterocycles. The largest absolute Gasteiger partial charge is 0.438 e. The van der Waals surface area contributed by atoms with Crippen LogP contribution >= 0.6 is 0 Å². The molecule has 0 aliphatic carbocycles. The van der Waals surface area contributed by atoms with Gasteiger partial charge in [0.15, 0.2) is 22.9 Å². The number of H-pyrrole nitrogens is 1. The fraction of sp³-hybridized carbons (Fsp3) is 0.120. The fourth-order valence-corrected chi connectivity index (χ4v) is 4.01. The molecule has 1 aromatic carbocycles. The number of rotatable bonds is 4. The van der Waals surface area contributed by atoms with Crippen molar-refractivity contribution in [3.8, 4) is 28.7 Å². The highest BCUT2D eigenvalue weighted by Gasteiger charge is 2.35. The van der Waals surface area contributed by atoms with Gasteiger partial charge in [-0.15, -0.1) is 0 Å². The predicted octanol–water partition coefficient (Wildman–Crippen LogP) is 5.88. The van der Waals surface area contributed by atoms with Crippen molar-refractivity contribution in [2.45, 2.75) is 20.0 Å². The number of aromatic amines is 1. The smallest absolute Gasteiger partial charge is 0.418 e. The van der Waals surface area contributed by atoms with E-state index in [1.54, 1.807) is 6.20 Å². The van der Waals surface area contributed by atoms with Gasteiger partial charge >= 0.3 is 6.18 Å². The van der Waals surface area contributed by atoms with E-state index < -0.39 is 28.8 Å². The number of nitrogens with zero attached hydrogens (tertiary/aromatic N) is 4. The van der Waals surface area contributed by atoms with Gasteiger partial charge in [-0.3, -0.25) is 9.36 Å². The zero-order chi connectivity index (χ0) is 26.5. The molecule has 0 fully saturated rings. The third-order valence-corrected chi connectivity index (χ3v) is 5.85. The summed E-state index contributed by atoms with van der Waals surface area (Å²) in [5.41, 5.74) is -1.97. The number of halogens is 5. The number of hydrogen-bond acceptors (Lipinski definition) is 5. The summed E-state index contributed by atoms with van der Waals surface area (Å²) in [6.07, 6.45) is 1.81. The molecule has 0 bridgehead atoms. The normalized spacial score (nSPS) is 11.8. The van der Waals surface area contributed by atoms with Gasteiger partial charge in [-0.1, -0.05) is 0 Å². The van der Waals surface area contributed by atoms with Gasteiger partial charge in [0.05, 0.1) is 27.7 Å². The topological polar surface area (TPSA) is 85.7 Å². The Kier molecular flexibility index (Phi) is 5.73. The quantitative estimate of drug-likeness (QED) is 0.304. The first-order valence-electron chi connectivity index (χ1n) is 10.8. The number of alkyl halides is 3. The highest BCUT2D eigenvalue weighted by atomic mass is 19.4. The molecule has 0 spiro atoms. The van der Waals surface area contributed by atoms with Crippen LogP contribution in [0.15, 0.2) is 60.2 Å². The second-order valence-electron chi connectivity index (χ2n) is 8.14. The van der Waals surface area contributed by atoms with Gasteiger partial charge in [0, 0.05) is 36.4 Å². The molecule has 5 rings (SSSR count). The number of nitrogens with one attached hydrogen (secondary N) is 1. The van der Waals surface area contributed by atoms with E-state index in [1.165, 1.54) is 43.2 Å². The van der Waals surface area contributed by atoms with Crippen LogP contribution < -0.4 is 10.2 Å². The number of aromatic nitrogens is 5. The lowest BCUT2D eigenvalue weighted by atomic mass is 10.0. The van der Waals surface area contributed by atoms with E-state index in [1.807, 2.05) is 0 Å². The van der Waals surface area contributed by atoms with Crippen molar-refractivity contribution < 1.29 is 26.7 Å². The van der Waals surface area contributed by atoms with Crippen LogP contribution in [0, 0.1) is 25.5 Å². The Bertz CT molecular complexity index is 1710. The van der Waals surface area contributed by atoms with E-state index in [0.717, 1.165) is 18.2 Å². The molecule has 12 heteroatoms. The summed E-state index contributed by atoms with van der Waals surface area (Å²) in [6.45, 7) is 2.46. The molecule has 0 unspecified atom stereocenters. The van der Waals surface area contributed by atoms with Crippen LogP contribution in [0.1, 0.15) is 16.7 Å². The van der Waals surface area contributed by atoms with Gasteiger partial charge in [0.2, 0.25) is 5.88 Å². The number of benzene rings is 1. The number of hydrogen-bond donors (Lipinski definition) is 1. The van der Waals surface area contributed by atoms with Crippen molar-refractivity contribution >= 4 is 10.9 Å². The molecule has 4 heterocycles. The summed E-state index contributed by atoms with van der Waals surface area (Å²) in [5.74, 6) is -2.49. The summed E-state index contributed by atoms with van der Waals surface area (Å²) in [7, 11) is 0. The molecular weight excluding hydrogens is 497 g/mol. The second kappa shape index (κ2) is 8.80. The monoisotopic (exact) mass is 513 g/mol. The van der Waals surface area contributed by atoms with Gasteiger partial charge < -0.3 is 9.72 Å². The Morgan fingerprint density at radius 3 is 2.51 bits per heavy atom. The van der Waals surface area contributed by atoms with Gasteiger partial charge in [0.25, 0.3) is 0 Å². The lowest BCUT2D eigenvalue weighted by Gasteiger charge is -2.18. The van der Waals surface area contributed by atoms with Crippen LogP contribution in [0.5, 0.6) is 11.6 Å². The van der Waals surface area contributed by atoms with Crippen LogP contribution in [-0.4, -0.2) is 24.5 Å². The van der Waals surface area contributed by atoms with E-state index in [9.17, 15) is 26.7 Å². The van der Waals surface area contributed by atoms with E-state index in [0.29, 0.717) is 6.20 Å². The van der Waals surface area contributed by atoms with Crippen LogP contribution in [0.25, 0.3) is 28.0 Å². The maximum atomic E-state index is 14.1. The van der Waals surface area contributed by atoms with Crippen molar-refractivity contribution in [1.29, 1.82) is 0 Å². The Balaban J connectivity index is 1.75. The summed E-state index contributed by atoms with van der Waals surface area (Å²) < 4.78 is 76.2. The second-order valence-corrected chi connectivity index (χ2v) is 8.14. The average Bonchev–Trinajstić information content (AvgIpc) is 3.38. The van der Waals surface area contributed by atoms with Gasteiger partial charge in [-0.05, 0) is 37.6 Å². The lowest BCUT2D eigenvalue weighted by Crippen LogP contribution is -2.12. The van der Waals surface area contributed by atoms with Crippen molar-refractivity contribution in [3.63, 3.8) is 0 Å². The minimum absolute atomic E-state index is 0.0217. The molecule has 37 heavy (non-hydrogen) atoms. The number of pyridine rings is 3. The van der Waals surface area contributed by atoms with Crippen LogP contribution in [-0.2, 0) is 6.18 Å². The fourth-order valence-electron chi connectivity index (χ4n) is 4.01. The Hall–Kier alpha value is -4.61. The molecule has 188 valence electrons. The first-order chi connectivity index (χ1) is 17.6. The third kappa shape index (κ3) is 4.20. The molecule has 5 aromatic rings. The molecule has 0 aliphatic rings. The number of imidazole rings is 1. The molecule has 0 atom stereocenters. The summed E-state index contributed by atoms with van der Waals surface area (Å²) in [5, 5.41) is 0.181. The SMILES string of the molecule is Cc1c(Oc2ncc(C(F)(F)F)c(C)c2-c2cc(=O)c3c(-n4ccnc4)nccc3[nH]2)ccc(F)c1F. The highest BCUT2D eigenvalue weighted by molar-refractivity contribution is 5.88. The van der Waals surface area contributed by atoms with Crippen molar-refractivity contribution in [3.05, 3.63) is 93.9 Å². The predicted molar refractivity (Wildman–Crippen MR) is 124 cm³/mol. The minimum atomic E-state index is -4.75. The molecular formula is C25H16F5N5O2. The molecule has 7 nitrogen and oxygen atoms in total. The van der Waals surface area contributed by atoms with E-state index in [2.05, 4.69) is 19.9 Å². The first-order valence-corrected chi connectivity index (χ1v) is 10.8. The maximum absolute atomic E-state index is 14.1. The number of ether oxygens (including phenoxy) is 1. The Morgan fingerprint density at radius 2 is 1.81 bits per heavy atom. The number of fused-ring (bicyclic) bond motifs is 1. The summed E-state index contributed by atoms with van der Waals surface area (Å²) >= 11 is 0. The van der Waals surface area contributed by atoms with Crippen molar-refractivity contribution in [2.24, 2.45) is 0 Å². The van der Waals surface area contributed by atoms with Crippen LogP contribution in [0.4, 0.5) is 22.0 Å². The Labute approximate surface area is 205 Å². The average molecular weight is 513 g/mol.